The van der Waals surface area contributed by atoms with Crippen LogP contribution in [0.15, 0.2) is 4.79 Å². The van der Waals surface area contributed by atoms with Gasteiger partial charge in [0.1, 0.15) is 10.7 Å². The zero-order chi connectivity index (χ0) is 19.7. The Morgan fingerprint density at radius 2 is 2.07 bits per heavy atom. The molecule has 1 amide bonds. The Morgan fingerprint density at radius 3 is 2.93 bits per heavy atom. The van der Waals surface area contributed by atoms with Crippen LogP contribution in [0.25, 0.3) is 10.2 Å². The van der Waals surface area contributed by atoms with Gasteiger partial charge in [-0.05, 0) is 49.5 Å². The van der Waals surface area contributed by atoms with E-state index in [2.05, 4.69) is 29.1 Å². The maximum atomic E-state index is 12.6. The van der Waals surface area contributed by atoms with Gasteiger partial charge in [0.2, 0.25) is 5.91 Å². The van der Waals surface area contributed by atoms with E-state index in [-0.39, 0.29) is 11.5 Å². The van der Waals surface area contributed by atoms with Crippen LogP contribution in [-0.4, -0.2) is 27.7 Å². The highest BCUT2D eigenvalue weighted by Crippen LogP contribution is 2.33. The Labute approximate surface area is 174 Å². The van der Waals surface area contributed by atoms with E-state index in [9.17, 15) is 9.59 Å². The van der Waals surface area contributed by atoms with Crippen molar-refractivity contribution in [3.63, 3.8) is 0 Å². The van der Waals surface area contributed by atoms with E-state index >= 15 is 0 Å². The summed E-state index contributed by atoms with van der Waals surface area (Å²) in [4.78, 5) is 34.7. The lowest BCUT2D eigenvalue weighted by molar-refractivity contribution is -0.119. The zero-order valence-corrected chi connectivity index (χ0v) is 18.3. The number of hydrogen-bond acceptors (Lipinski definition) is 5. The molecule has 0 bridgehead atoms. The van der Waals surface area contributed by atoms with E-state index in [1.807, 2.05) is 0 Å². The van der Waals surface area contributed by atoms with Crippen molar-refractivity contribution >= 4 is 39.2 Å². The number of fused-ring (bicyclic) bond motifs is 3. The highest BCUT2D eigenvalue weighted by molar-refractivity contribution is 7.99. The number of rotatable bonds is 5. The molecule has 0 radical (unpaired) electrons. The quantitative estimate of drug-likeness (QED) is 0.767. The van der Waals surface area contributed by atoms with E-state index in [1.165, 1.54) is 41.5 Å². The molecule has 2 aromatic heterocycles. The van der Waals surface area contributed by atoms with Gasteiger partial charge in [0, 0.05) is 10.9 Å². The number of thioether (sulfide) groups is 1. The Hall–Kier alpha value is -1.34. The second kappa shape index (κ2) is 8.57. The van der Waals surface area contributed by atoms with E-state index in [0.717, 1.165) is 35.9 Å². The Bertz CT molecular complexity index is 920. The first-order valence-corrected chi connectivity index (χ1v) is 12.4. The van der Waals surface area contributed by atoms with Crippen molar-refractivity contribution < 1.29 is 4.79 Å². The minimum absolute atomic E-state index is 0.0190. The topological polar surface area (TPSA) is 74.8 Å². The molecule has 2 aliphatic rings. The molecule has 4 rings (SSSR count). The fraction of sp³-hybridized carbons (Fsp3) is 0.667. The molecule has 152 valence electrons. The number of aromatic nitrogens is 2. The van der Waals surface area contributed by atoms with Crippen LogP contribution >= 0.6 is 23.1 Å². The second-order valence-corrected chi connectivity index (χ2v) is 10.4. The van der Waals surface area contributed by atoms with Gasteiger partial charge in [-0.25, -0.2) is 4.98 Å². The summed E-state index contributed by atoms with van der Waals surface area (Å²) in [6, 6.07) is 0.295. The predicted molar refractivity (Wildman–Crippen MR) is 117 cm³/mol. The molecular formula is C21H29N3O2S2. The van der Waals surface area contributed by atoms with Crippen LogP contribution in [0.1, 0.15) is 62.2 Å². The molecule has 0 aliphatic heterocycles. The molecule has 3 unspecified atom stereocenters. The highest BCUT2D eigenvalue weighted by atomic mass is 32.2. The lowest BCUT2D eigenvalue weighted by atomic mass is 9.78. The summed E-state index contributed by atoms with van der Waals surface area (Å²) in [5, 5.41) is 4.01. The third-order valence-electron chi connectivity index (χ3n) is 6.40. The normalized spacial score (nSPS) is 24.9. The lowest BCUT2D eigenvalue weighted by Gasteiger charge is -2.34. The van der Waals surface area contributed by atoms with Gasteiger partial charge in [0.05, 0.1) is 16.9 Å². The molecule has 2 N–H and O–H groups in total. The molecule has 0 spiro atoms. The molecule has 5 nitrogen and oxygen atoms in total. The van der Waals surface area contributed by atoms with E-state index < -0.39 is 0 Å². The van der Waals surface area contributed by atoms with Crippen LogP contribution in [0.2, 0.25) is 0 Å². The first-order valence-electron chi connectivity index (χ1n) is 10.4. The monoisotopic (exact) mass is 419 g/mol. The third kappa shape index (κ3) is 4.15. The molecule has 3 atom stereocenters. The van der Waals surface area contributed by atoms with Gasteiger partial charge < -0.3 is 10.3 Å². The highest BCUT2D eigenvalue weighted by Gasteiger charge is 2.28. The molecule has 1 fully saturated rings. The fourth-order valence-corrected chi connectivity index (χ4v) is 6.53. The standard InChI is InChI=1S/C21H29N3O2S2/c1-12-6-5-8-15(13(12)2)22-18(25)11-27-10-17-23-20(26)19-14-7-3-4-9-16(14)28-21(19)24-17/h12-13,15H,3-11H2,1-2H3,(H,22,25)(H,23,24,26). The van der Waals surface area contributed by atoms with Crippen molar-refractivity contribution in [3.8, 4) is 0 Å². The van der Waals surface area contributed by atoms with Crippen molar-refractivity contribution in [1.29, 1.82) is 0 Å². The fourth-order valence-electron chi connectivity index (χ4n) is 4.55. The maximum absolute atomic E-state index is 12.6. The minimum Gasteiger partial charge on any atom is -0.352 e. The largest absolute Gasteiger partial charge is 0.352 e. The van der Waals surface area contributed by atoms with Crippen molar-refractivity contribution in [3.05, 3.63) is 26.6 Å². The van der Waals surface area contributed by atoms with Gasteiger partial charge in [0.25, 0.3) is 5.56 Å². The lowest BCUT2D eigenvalue weighted by Crippen LogP contribution is -2.44. The van der Waals surface area contributed by atoms with Crippen molar-refractivity contribution in [2.75, 3.05) is 5.75 Å². The van der Waals surface area contributed by atoms with Crippen molar-refractivity contribution in [2.45, 2.75) is 70.6 Å². The first-order chi connectivity index (χ1) is 13.5. The van der Waals surface area contributed by atoms with Gasteiger partial charge in [0.15, 0.2) is 0 Å². The Kier molecular flexibility index (Phi) is 6.11. The van der Waals surface area contributed by atoms with E-state index in [4.69, 9.17) is 0 Å². The maximum Gasteiger partial charge on any atom is 0.259 e. The van der Waals surface area contributed by atoms with Gasteiger partial charge in [-0.2, -0.15) is 0 Å². The summed E-state index contributed by atoms with van der Waals surface area (Å²) >= 11 is 3.19. The van der Waals surface area contributed by atoms with Crippen molar-refractivity contribution in [1.82, 2.24) is 15.3 Å². The van der Waals surface area contributed by atoms with Crippen LogP contribution in [0.5, 0.6) is 0 Å². The summed E-state index contributed by atoms with van der Waals surface area (Å²) in [6.45, 7) is 4.52. The second-order valence-electron chi connectivity index (χ2n) is 8.34. The number of amides is 1. The van der Waals surface area contributed by atoms with Crippen LogP contribution in [0.4, 0.5) is 0 Å². The zero-order valence-electron chi connectivity index (χ0n) is 16.7. The third-order valence-corrected chi connectivity index (χ3v) is 8.53. The number of nitrogens with zero attached hydrogens (tertiary/aromatic N) is 1. The van der Waals surface area contributed by atoms with Crippen LogP contribution < -0.4 is 10.9 Å². The number of thiophene rings is 1. The number of aryl methyl sites for hydroxylation is 2. The summed E-state index contributed by atoms with van der Waals surface area (Å²) in [5.41, 5.74) is 1.20. The molecule has 0 saturated heterocycles. The van der Waals surface area contributed by atoms with Gasteiger partial charge in [-0.1, -0.05) is 26.7 Å². The summed E-state index contributed by atoms with van der Waals surface area (Å²) in [5.74, 6) is 2.93. The molecule has 0 aromatic carbocycles. The number of hydrogen-bond donors (Lipinski definition) is 2. The molecular weight excluding hydrogens is 390 g/mol. The molecule has 7 heteroatoms. The van der Waals surface area contributed by atoms with E-state index in [0.29, 0.717) is 35.2 Å². The number of H-pyrrole nitrogens is 1. The van der Waals surface area contributed by atoms with Crippen LogP contribution in [-0.2, 0) is 23.4 Å². The number of carbonyl (C=O) groups is 1. The van der Waals surface area contributed by atoms with Crippen LogP contribution in [0, 0.1) is 11.8 Å². The molecule has 1 saturated carbocycles. The van der Waals surface area contributed by atoms with E-state index in [1.54, 1.807) is 11.3 Å². The summed E-state index contributed by atoms with van der Waals surface area (Å²) in [7, 11) is 0. The Morgan fingerprint density at radius 1 is 1.25 bits per heavy atom. The molecule has 2 aliphatic carbocycles. The first kappa shape index (κ1) is 20.0. The molecule has 2 aromatic rings. The van der Waals surface area contributed by atoms with Crippen molar-refractivity contribution in [2.24, 2.45) is 11.8 Å². The average molecular weight is 420 g/mol. The number of nitrogens with one attached hydrogen (secondary N) is 2. The minimum atomic E-state index is -0.0190. The number of aromatic amines is 1. The summed E-state index contributed by atoms with van der Waals surface area (Å²) in [6.07, 6.45) is 7.95. The Balaban J connectivity index is 1.35. The molecule has 2 heterocycles. The molecule has 28 heavy (non-hydrogen) atoms. The smallest absolute Gasteiger partial charge is 0.259 e. The van der Waals surface area contributed by atoms with Crippen LogP contribution in [0.3, 0.4) is 0 Å². The van der Waals surface area contributed by atoms with Gasteiger partial charge >= 0.3 is 0 Å². The average Bonchev–Trinajstić information content (AvgIpc) is 3.04. The van der Waals surface area contributed by atoms with Gasteiger partial charge in [-0.15, -0.1) is 23.1 Å². The predicted octanol–water partition coefficient (Wildman–Crippen LogP) is 4.04. The number of carbonyl (C=O) groups excluding carboxylic acids is 1. The van der Waals surface area contributed by atoms with Gasteiger partial charge in [-0.3, -0.25) is 9.59 Å². The SMILES string of the molecule is CC1CCCC(NC(=O)CSCc2nc3sc4c(c3c(=O)[nH]2)CCCC4)C1C. The summed E-state index contributed by atoms with van der Waals surface area (Å²) < 4.78 is 0.